The molecule has 0 spiro atoms. The monoisotopic (exact) mass is 432 g/mol. The highest BCUT2D eigenvalue weighted by Gasteiger charge is 2.41. The number of nitrogens with one attached hydrogen (secondary N) is 1. The summed E-state index contributed by atoms with van der Waals surface area (Å²) >= 11 is 0. The van der Waals surface area contributed by atoms with Crippen LogP contribution < -0.4 is 16.0 Å². The molecule has 0 unspecified atom stereocenters. The largest absolute Gasteiger partial charge is 0.401 e. The van der Waals surface area contributed by atoms with Crippen LogP contribution in [0.15, 0.2) is 18.2 Å². The number of carbonyl (C=O) groups excluding carboxylic acids is 2. The van der Waals surface area contributed by atoms with E-state index in [-0.39, 0.29) is 49.6 Å². The standard InChI is InChI=1S/C19H24F4N4O3/c20-14-8-12(4-5-15(14)26-6-7-30-10-17(26)28)25-18(29)16(9-24)27(11-19(21,22)23)13-2-1-3-13/h4-5,8,13,16H,1-3,6-7,9-11,24H2,(H,25,29)/t16-/m1/s1. The molecule has 0 aromatic heterocycles. The van der Waals surface area contributed by atoms with Gasteiger partial charge in [0.25, 0.3) is 5.91 Å². The number of ether oxygens (including phenoxy) is 1. The average Bonchev–Trinajstić information content (AvgIpc) is 2.60. The number of nitrogens with two attached hydrogens (primary N) is 1. The summed E-state index contributed by atoms with van der Waals surface area (Å²) in [6, 6.07) is 2.20. The molecule has 0 radical (unpaired) electrons. The highest BCUT2D eigenvalue weighted by molar-refractivity contribution is 5.97. The van der Waals surface area contributed by atoms with E-state index in [4.69, 9.17) is 10.5 Å². The molecular formula is C19H24F4N4O3. The van der Waals surface area contributed by atoms with Crippen LogP contribution in [-0.2, 0) is 14.3 Å². The van der Waals surface area contributed by atoms with E-state index in [0.717, 1.165) is 17.4 Å². The van der Waals surface area contributed by atoms with E-state index in [1.165, 1.54) is 17.0 Å². The number of nitrogens with zero attached hydrogens (tertiary/aromatic N) is 2. The molecule has 2 aliphatic rings. The van der Waals surface area contributed by atoms with Gasteiger partial charge in [-0.25, -0.2) is 4.39 Å². The van der Waals surface area contributed by atoms with Crippen LogP contribution >= 0.6 is 0 Å². The van der Waals surface area contributed by atoms with E-state index < -0.39 is 30.5 Å². The molecule has 30 heavy (non-hydrogen) atoms. The van der Waals surface area contributed by atoms with Crippen LogP contribution in [0.1, 0.15) is 19.3 Å². The van der Waals surface area contributed by atoms with Crippen molar-refractivity contribution in [1.82, 2.24) is 4.90 Å². The smallest absolute Gasteiger partial charge is 0.370 e. The third-order valence-electron chi connectivity index (χ3n) is 5.32. The first-order valence-corrected chi connectivity index (χ1v) is 9.70. The summed E-state index contributed by atoms with van der Waals surface area (Å²) in [7, 11) is 0. The second kappa shape index (κ2) is 9.27. The van der Waals surface area contributed by atoms with Crippen LogP contribution in [0.5, 0.6) is 0 Å². The Kier molecular flexibility index (Phi) is 6.94. The van der Waals surface area contributed by atoms with Crippen molar-refractivity contribution >= 4 is 23.2 Å². The van der Waals surface area contributed by atoms with Gasteiger partial charge in [-0.05, 0) is 31.0 Å². The lowest BCUT2D eigenvalue weighted by Gasteiger charge is -2.41. The lowest BCUT2D eigenvalue weighted by Crippen LogP contribution is -2.57. The third kappa shape index (κ3) is 5.27. The van der Waals surface area contributed by atoms with Crippen molar-refractivity contribution in [1.29, 1.82) is 0 Å². The van der Waals surface area contributed by atoms with Gasteiger partial charge in [0.2, 0.25) is 5.91 Å². The second-order valence-electron chi connectivity index (χ2n) is 7.38. The van der Waals surface area contributed by atoms with Crippen molar-refractivity contribution in [3.8, 4) is 0 Å². The van der Waals surface area contributed by atoms with Crippen LogP contribution in [0.4, 0.5) is 28.9 Å². The first-order valence-electron chi connectivity index (χ1n) is 9.70. The minimum absolute atomic E-state index is 0.0461. The van der Waals surface area contributed by atoms with E-state index in [9.17, 15) is 27.2 Å². The Bertz CT molecular complexity index is 786. The number of morpholine rings is 1. The van der Waals surface area contributed by atoms with Crippen molar-refractivity contribution < 1.29 is 31.9 Å². The Morgan fingerprint density at radius 3 is 2.63 bits per heavy atom. The van der Waals surface area contributed by atoms with Gasteiger partial charge in [-0.3, -0.25) is 14.5 Å². The molecule has 0 bridgehead atoms. The maximum absolute atomic E-state index is 14.5. The van der Waals surface area contributed by atoms with E-state index >= 15 is 0 Å². The number of carbonyl (C=O) groups is 2. The summed E-state index contributed by atoms with van der Waals surface area (Å²) in [5.74, 6) is -1.86. The Labute approximate surface area is 171 Å². The molecule has 3 N–H and O–H groups in total. The molecule has 1 aliphatic carbocycles. The lowest BCUT2D eigenvalue weighted by molar-refractivity contribution is -0.162. The van der Waals surface area contributed by atoms with Gasteiger partial charge in [-0.15, -0.1) is 0 Å². The molecular weight excluding hydrogens is 408 g/mol. The van der Waals surface area contributed by atoms with Gasteiger partial charge < -0.3 is 20.7 Å². The van der Waals surface area contributed by atoms with Gasteiger partial charge >= 0.3 is 6.18 Å². The van der Waals surface area contributed by atoms with Crippen LogP contribution in [-0.4, -0.2) is 67.8 Å². The predicted octanol–water partition coefficient (Wildman–Crippen LogP) is 1.87. The molecule has 2 amide bonds. The summed E-state index contributed by atoms with van der Waals surface area (Å²) in [6.45, 7) is -1.21. The maximum atomic E-state index is 14.5. The molecule has 1 saturated heterocycles. The highest BCUT2D eigenvalue weighted by Crippen LogP contribution is 2.30. The zero-order chi connectivity index (χ0) is 21.9. The Morgan fingerprint density at radius 1 is 1.37 bits per heavy atom. The first-order chi connectivity index (χ1) is 14.2. The molecule has 11 heteroatoms. The minimum atomic E-state index is -4.47. The van der Waals surface area contributed by atoms with Gasteiger partial charge in [0.15, 0.2) is 0 Å². The highest BCUT2D eigenvalue weighted by atomic mass is 19.4. The maximum Gasteiger partial charge on any atom is 0.401 e. The Morgan fingerprint density at radius 2 is 2.10 bits per heavy atom. The molecule has 1 atom stereocenters. The van der Waals surface area contributed by atoms with Gasteiger partial charge in [0, 0.05) is 24.8 Å². The Balaban J connectivity index is 1.72. The fraction of sp³-hybridized carbons (Fsp3) is 0.579. The first kappa shape index (κ1) is 22.4. The summed E-state index contributed by atoms with van der Waals surface area (Å²) in [5.41, 5.74) is 5.75. The van der Waals surface area contributed by atoms with Crippen molar-refractivity contribution in [2.45, 2.75) is 37.5 Å². The van der Waals surface area contributed by atoms with E-state index in [2.05, 4.69) is 5.32 Å². The summed E-state index contributed by atoms with van der Waals surface area (Å²) in [5, 5.41) is 2.45. The molecule has 1 aromatic carbocycles. The fourth-order valence-corrected chi connectivity index (χ4v) is 3.61. The lowest BCUT2D eigenvalue weighted by atomic mass is 9.90. The van der Waals surface area contributed by atoms with Crippen molar-refractivity contribution in [3.05, 3.63) is 24.0 Å². The van der Waals surface area contributed by atoms with Gasteiger partial charge in [0.05, 0.1) is 18.8 Å². The number of rotatable bonds is 7. The van der Waals surface area contributed by atoms with Crippen molar-refractivity contribution in [2.24, 2.45) is 5.73 Å². The van der Waals surface area contributed by atoms with Crippen molar-refractivity contribution in [3.63, 3.8) is 0 Å². The van der Waals surface area contributed by atoms with Crippen LogP contribution in [0.3, 0.4) is 0 Å². The molecule has 1 aliphatic heterocycles. The number of benzene rings is 1. The zero-order valence-corrected chi connectivity index (χ0v) is 16.3. The zero-order valence-electron chi connectivity index (χ0n) is 16.3. The fourth-order valence-electron chi connectivity index (χ4n) is 3.61. The number of halogens is 4. The molecule has 2 fully saturated rings. The summed E-state index contributed by atoms with van der Waals surface area (Å²) < 4.78 is 58.6. The molecule has 1 saturated carbocycles. The van der Waals surface area contributed by atoms with E-state index in [1.54, 1.807) is 0 Å². The number of hydrogen-bond donors (Lipinski definition) is 2. The summed E-state index contributed by atoms with van der Waals surface area (Å²) in [4.78, 5) is 26.9. The summed E-state index contributed by atoms with van der Waals surface area (Å²) in [6.07, 6.45) is -2.54. The normalized spacial score (nSPS) is 19.0. The third-order valence-corrected chi connectivity index (χ3v) is 5.32. The second-order valence-corrected chi connectivity index (χ2v) is 7.38. The van der Waals surface area contributed by atoms with Gasteiger partial charge in [0.1, 0.15) is 18.5 Å². The molecule has 1 aromatic rings. The number of alkyl halides is 3. The average molecular weight is 432 g/mol. The van der Waals surface area contributed by atoms with Crippen molar-refractivity contribution in [2.75, 3.05) is 43.1 Å². The molecule has 166 valence electrons. The minimum Gasteiger partial charge on any atom is -0.370 e. The predicted molar refractivity (Wildman–Crippen MR) is 101 cm³/mol. The van der Waals surface area contributed by atoms with E-state index in [1.807, 2.05) is 0 Å². The number of anilines is 2. The van der Waals surface area contributed by atoms with Gasteiger partial charge in [-0.2, -0.15) is 13.2 Å². The molecule has 7 nitrogen and oxygen atoms in total. The van der Waals surface area contributed by atoms with Crippen LogP contribution in [0.25, 0.3) is 0 Å². The molecule has 3 rings (SSSR count). The van der Waals surface area contributed by atoms with Crippen LogP contribution in [0.2, 0.25) is 0 Å². The van der Waals surface area contributed by atoms with E-state index in [0.29, 0.717) is 12.8 Å². The van der Waals surface area contributed by atoms with Gasteiger partial charge in [-0.1, -0.05) is 6.42 Å². The number of hydrogen-bond acceptors (Lipinski definition) is 5. The van der Waals surface area contributed by atoms with Crippen LogP contribution in [0, 0.1) is 5.82 Å². The quantitative estimate of drug-likeness (QED) is 0.643. The molecule has 1 heterocycles. The Hall–Kier alpha value is -2.24. The topological polar surface area (TPSA) is 87.9 Å². The SMILES string of the molecule is NC[C@H](C(=O)Nc1ccc(N2CCOCC2=O)c(F)c1)N(CC(F)(F)F)C1CCC1. The number of amides is 2.